The van der Waals surface area contributed by atoms with E-state index >= 15 is 0 Å². The Morgan fingerprint density at radius 3 is 2.96 bits per heavy atom. The van der Waals surface area contributed by atoms with E-state index in [1.165, 1.54) is 0 Å². The van der Waals surface area contributed by atoms with Gasteiger partial charge in [0.05, 0.1) is 23.2 Å². The highest BCUT2D eigenvalue weighted by Gasteiger charge is 2.35. The van der Waals surface area contributed by atoms with Crippen molar-refractivity contribution in [2.24, 2.45) is 7.05 Å². The van der Waals surface area contributed by atoms with Gasteiger partial charge in [0.25, 0.3) is 0 Å². The maximum absolute atomic E-state index is 12.8. The predicted octanol–water partition coefficient (Wildman–Crippen LogP) is 1.16. The van der Waals surface area contributed by atoms with Crippen molar-refractivity contribution in [2.45, 2.75) is 29.9 Å². The quantitative estimate of drug-likeness (QED) is 0.896. The lowest BCUT2D eigenvalue weighted by Gasteiger charge is -2.20. The van der Waals surface area contributed by atoms with Crippen LogP contribution >= 0.6 is 0 Å². The molecule has 2 atom stereocenters. The van der Waals surface area contributed by atoms with Crippen LogP contribution in [0.1, 0.15) is 23.8 Å². The molecule has 0 aliphatic carbocycles. The molecule has 1 aromatic carbocycles. The zero-order valence-electron chi connectivity index (χ0n) is 13.3. The summed E-state index contributed by atoms with van der Waals surface area (Å²) in [6, 6.07) is 6.54. The van der Waals surface area contributed by atoms with Crippen molar-refractivity contribution in [3.63, 3.8) is 0 Å². The number of benzene rings is 1. The van der Waals surface area contributed by atoms with Crippen molar-refractivity contribution in [3.8, 4) is 5.75 Å². The van der Waals surface area contributed by atoms with E-state index in [9.17, 15) is 8.42 Å². The van der Waals surface area contributed by atoms with Crippen molar-refractivity contribution in [2.75, 3.05) is 13.2 Å². The Labute approximate surface area is 140 Å². The molecule has 4 rings (SSSR count). The standard InChI is InChI=1S/C16H19N3O4S/c1-19-14(4-7-17-19)16-13(6-9-23-16)18-24(20,21)12-2-3-15-11(10-12)5-8-22-15/h2-4,7,10,13,16,18H,5-6,8-9H2,1H3/t13-,16-/m0/s1. The van der Waals surface area contributed by atoms with Crippen molar-refractivity contribution in [1.29, 1.82) is 0 Å². The summed E-state index contributed by atoms with van der Waals surface area (Å²) in [7, 11) is -1.79. The highest BCUT2D eigenvalue weighted by molar-refractivity contribution is 7.89. The van der Waals surface area contributed by atoms with Gasteiger partial charge in [0.1, 0.15) is 11.9 Å². The summed E-state index contributed by atoms with van der Waals surface area (Å²) < 4.78 is 41.2. The topological polar surface area (TPSA) is 82.5 Å². The Morgan fingerprint density at radius 1 is 1.29 bits per heavy atom. The SMILES string of the molecule is Cn1nccc1[C@H]1OCC[C@@H]1NS(=O)(=O)c1ccc2c(c1)CCO2. The number of rotatable bonds is 4. The number of nitrogens with one attached hydrogen (secondary N) is 1. The fourth-order valence-corrected chi connectivity index (χ4v) is 4.58. The van der Waals surface area contributed by atoms with Gasteiger partial charge in [-0.25, -0.2) is 13.1 Å². The molecule has 2 aliphatic heterocycles. The summed E-state index contributed by atoms with van der Waals surface area (Å²) in [5.41, 5.74) is 1.80. The average molecular weight is 349 g/mol. The van der Waals surface area contributed by atoms with Gasteiger partial charge in [-0.3, -0.25) is 4.68 Å². The zero-order valence-corrected chi connectivity index (χ0v) is 14.1. The fraction of sp³-hybridized carbons (Fsp3) is 0.438. The van der Waals surface area contributed by atoms with Crippen LogP contribution in [0.15, 0.2) is 35.4 Å². The molecular formula is C16H19N3O4S. The molecular weight excluding hydrogens is 330 g/mol. The summed E-state index contributed by atoms with van der Waals surface area (Å²) in [5.74, 6) is 0.769. The molecule has 0 amide bonds. The van der Waals surface area contributed by atoms with E-state index in [4.69, 9.17) is 9.47 Å². The second kappa shape index (κ2) is 5.87. The molecule has 24 heavy (non-hydrogen) atoms. The Morgan fingerprint density at radius 2 is 2.17 bits per heavy atom. The van der Waals surface area contributed by atoms with E-state index in [-0.39, 0.29) is 17.0 Å². The van der Waals surface area contributed by atoms with E-state index in [2.05, 4.69) is 9.82 Å². The predicted molar refractivity (Wildman–Crippen MR) is 86.3 cm³/mol. The second-order valence-electron chi connectivity index (χ2n) is 6.06. The van der Waals surface area contributed by atoms with Crippen LogP contribution in [0.2, 0.25) is 0 Å². The molecule has 0 spiro atoms. The van der Waals surface area contributed by atoms with Crippen LogP contribution < -0.4 is 9.46 Å². The number of hydrogen-bond acceptors (Lipinski definition) is 5. The third kappa shape index (κ3) is 2.70. The largest absolute Gasteiger partial charge is 0.493 e. The minimum atomic E-state index is -3.62. The monoisotopic (exact) mass is 349 g/mol. The molecule has 0 radical (unpaired) electrons. The maximum Gasteiger partial charge on any atom is 0.240 e. The first kappa shape index (κ1) is 15.6. The van der Waals surface area contributed by atoms with Crippen LogP contribution in [-0.2, 0) is 28.2 Å². The summed E-state index contributed by atoms with van der Waals surface area (Å²) in [6.45, 7) is 1.12. The Balaban J connectivity index is 1.58. The van der Waals surface area contributed by atoms with Gasteiger partial charge in [-0.1, -0.05) is 0 Å². The summed E-state index contributed by atoms with van der Waals surface area (Å²) in [4.78, 5) is 0.266. The molecule has 1 N–H and O–H groups in total. The van der Waals surface area contributed by atoms with Gasteiger partial charge in [-0.15, -0.1) is 0 Å². The highest BCUT2D eigenvalue weighted by atomic mass is 32.2. The van der Waals surface area contributed by atoms with Crippen LogP contribution in [0.3, 0.4) is 0 Å². The molecule has 1 aromatic heterocycles. The summed E-state index contributed by atoms with van der Waals surface area (Å²) in [6.07, 6.45) is 2.72. The first-order chi connectivity index (χ1) is 11.5. The Hall–Kier alpha value is -1.90. The molecule has 1 fully saturated rings. The van der Waals surface area contributed by atoms with E-state index in [1.54, 1.807) is 29.1 Å². The summed E-state index contributed by atoms with van der Waals surface area (Å²) in [5, 5.41) is 4.14. The number of hydrogen-bond donors (Lipinski definition) is 1. The van der Waals surface area contributed by atoms with Crippen molar-refractivity contribution < 1.29 is 17.9 Å². The van der Waals surface area contributed by atoms with Gasteiger partial charge in [-0.2, -0.15) is 5.10 Å². The Bertz CT molecular complexity index is 862. The number of fused-ring (bicyclic) bond motifs is 1. The number of aromatic nitrogens is 2. The van der Waals surface area contributed by atoms with Crippen molar-refractivity contribution in [3.05, 3.63) is 41.7 Å². The molecule has 8 heteroatoms. The first-order valence-corrected chi connectivity index (χ1v) is 9.40. The van der Waals surface area contributed by atoms with Gasteiger partial charge in [-0.05, 0) is 36.2 Å². The van der Waals surface area contributed by atoms with Gasteiger partial charge in [0.2, 0.25) is 10.0 Å². The molecule has 0 unspecified atom stereocenters. The molecule has 0 saturated carbocycles. The van der Waals surface area contributed by atoms with Crippen LogP contribution in [0.5, 0.6) is 5.75 Å². The Kier molecular flexibility index (Phi) is 3.82. The van der Waals surface area contributed by atoms with E-state index in [0.717, 1.165) is 23.4 Å². The first-order valence-electron chi connectivity index (χ1n) is 7.92. The highest BCUT2D eigenvalue weighted by Crippen LogP contribution is 2.31. The lowest BCUT2D eigenvalue weighted by molar-refractivity contribution is 0.0959. The number of sulfonamides is 1. The fourth-order valence-electron chi connectivity index (χ4n) is 3.26. The molecule has 7 nitrogen and oxygen atoms in total. The van der Waals surface area contributed by atoms with Crippen LogP contribution in [0.25, 0.3) is 0 Å². The summed E-state index contributed by atoms with van der Waals surface area (Å²) >= 11 is 0. The molecule has 128 valence electrons. The zero-order chi connectivity index (χ0) is 16.7. The second-order valence-corrected chi connectivity index (χ2v) is 7.77. The molecule has 1 saturated heterocycles. The van der Waals surface area contributed by atoms with Crippen molar-refractivity contribution >= 4 is 10.0 Å². The van der Waals surface area contributed by atoms with E-state index < -0.39 is 10.0 Å². The third-order valence-corrected chi connectivity index (χ3v) is 6.01. The van der Waals surface area contributed by atoms with Crippen LogP contribution in [0, 0.1) is 0 Å². The number of ether oxygens (including phenoxy) is 2. The lowest BCUT2D eigenvalue weighted by atomic mass is 10.1. The normalized spacial score (nSPS) is 23.2. The van der Waals surface area contributed by atoms with Crippen LogP contribution in [0.4, 0.5) is 0 Å². The molecule has 2 aromatic rings. The van der Waals surface area contributed by atoms with E-state index in [0.29, 0.717) is 19.6 Å². The minimum Gasteiger partial charge on any atom is -0.493 e. The number of aryl methyl sites for hydroxylation is 1. The molecule has 3 heterocycles. The third-order valence-electron chi connectivity index (χ3n) is 4.52. The van der Waals surface area contributed by atoms with Crippen LogP contribution in [-0.4, -0.2) is 37.5 Å². The number of nitrogens with zero attached hydrogens (tertiary/aromatic N) is 2. The smallest absolute Gasteiger partial charge is 0.240 e. The average Bonchev–Trinajstić information content (AvgIpc) is 3.26. The lowest BCUT2D eigenvalue weighted by Crippen LogP contribution is -2.37. The van der Waals surface area contributed by atoms with Crippen molar-refractivity contribution in [1.82, 2.24) is 14.5 Å². The molecule has 0 bridgehead atoms. The van der Waals surface area contributed by atoms with Gasteiger partial charge >= 0.3 is 0 Å². The van der Waals surface area contributed by atoms with Gasteiger partial charge < -0.3 is 9.47 Å². The van der Waals surface area contributed by atoms with Gasteiger partial charge in [0, 0.05) is 26.3 Å². The van der Waals surface area contributed by atoms with E-state index in [1.807, 2.05) is 13.1 Å². The molecule has 2 aliphatic rings. The minimum absolute atomic E-state index is 0.266. The van der Waals surface area contributed by atoms with Gasteiger partial charge in [0.15, 0.2) is 0 Å². The maximum atomic E-state index is 12.8.